The third-order valence-corrected chi connectivity index (χ3v) is 5.19. The van der Waals surface area contributed by atoms with E-state index in [1.54, 1.807) is 41.1 Å². The average molecular weight is 421 g/mol. The molecule has 1 aliphatic heterocycles. The van der Waals surface area contributed by atoms with E-state index < -0.39 is 0 Å². The van der Waals surface area contributed by atoms with E-state index >= 15 is 0 Å². The number of allylic oxidation sites excluding steroid dienone is 1. The van der Waals surface area contributed by atoms with Gasteiger partial charge in [-0.2, -0.15) is 4.98 Å². The number of nitrogens with one attached hydrogen (secondary N) is 1. The molecule has 1 atom stereocenters. The summed E-state index contributed by atoms with van der Waals surface area (Å²) >= 11 is 5.99. The molecule has 1 N–H and O–H groups in total. The van der Waals surface area contributed by atoms with E-state index in [9.17, 15) is 8.78 Å². The molecule has 7 heteroatoms. The average Bonchev–Trinajstić information content (AvgIpc) is 3.19. The maximum absolute atomic E-state index is 13.5. The molecule has 30 heavy (non-hydrogen) atoms. The van der Waals surface area contributed by atoms with E-state index in [0.717, 1.165) is 22.4 Å². The summed E-state index contributed by atoms with van der Waals surface area (Å²) in [5.74, 6) is 0.459. The van der Waals surface area contributed by atoms with Gasteiger partial charge in [0, 0.05) is 16.3 Å². The molecule has 0 spiro atoms. The number of halogens is 3. The molecule has 0 saturated heterocycles. The maximum atomic E-state index is 13.5. The van der Waals surface area contributed by atoms with Gasteiger partial charge in [-0.1, -0.05) is 23.7 Å². The van der Waals surface area contributed by atoms with E-state index in [2.05, 4.69) is 15.4 Å². The lowest BCUT2D eigenvalue weighted by molar-refractivity contribution is 0.604. The molecule has 4 aromatic rings. The molecule has 1 unspecified atom stereocenters. The zero-order chi connectivity index (χ0) is 20.7. The standard InChI is InChI=1S/C23H15ClF2N4/c24-17-7-1-16(2-8-17)22-28-23-27-20(14-3-9-18(25)10-4-14)13-21(30(23)29-22)15-5-11-19(26)12-6-15/h1-13,21H,(H,27,28,29). The van der Waals surface area contributed by atoms with Gasteiger partial charge in [0.2, 0.25) is 5.95 Å². The molecule has 1 aliphatic rings. The van der Waals surface area contributed by atoms with Crippen LogP contribution in [0.1, 0.15) is 17.2 Å². The molecule has 0 amide bonds. The van der Waals surface area contributed by atoms with Gasteiger partial charge in [-0.05, 0) is 77.9 Å². The summed E-state index contributed by atoms with van der Waals surface area (Å²) in [5.41, 5.74) is 3.26. The normalized spacial score (nSPS) is 15.3. The zero-order valence-electron chi connectivity index (χ0n) is 15.6. The summed E-state index contributed by atoms with van der Waals surface area (Å²) < 4.78 is 28.6. The monoisotopic (exact) mass is 420 g/mol. The number of aromatic nitrogens is 3. The van der Waals surface area contributed by atoms with Crippen LogP contribution in [0.25, 0.3) is 17.1 Å². The molecule has 148 valence electrons. The zero-order valence-corrected chi connectivity index (χ0v) is 16.3. The summed E-state index contributed by atoms with van der Waals surface area (Å²) in [7, 11) is 0. The highest BCUT2D eigenvalue weighted by Gasteiger charge is 2.25. The van der Waals surface area contributed by atoms with Gasteiger partial charge in [0.05, 0.1) is 0 Å². The highest BCUT2D eigenvalue weighted by molar-refractivity contribution is 6.30. The summed E-state index contributed by atoms with van der Waals surface area (Å²) in [6.07, 6.45) is 1.97. The van der Waals surface area contributed by atoms with Crippen molar-refractivity contribution >= 4 is 23.2 Å². The lowest BCUT2D eigenvalue weighted by Crippen LogP contribution is -2.20. The largest absolute Gasteiger partial charge is 0.324 e. The summed E-state index contributed by atoms with van der Waals surface area (Å²) in [6, 6.07) is 19.4. The van der Waals surface area contributed by atoms with E-state index in [1.165, 1.54) is 24.3 Å². The fourth-order valence-electron chi connectivity index (χ4n) is 3.41. The van der Waals surface area contributed by atoms with Crippen LogP contribution < -0.4 is 5.32 Å². The molecule has 5 rings (SSSR count). The highest BCUT2D eigenvalue weighted by Crippen LogP contribution is 2.34. The van der Waals surface area contributed by atoms with Crippen molar-refractivity contribution in [1.29, 1.82) is 0 Å². The van der Waals surface area contributed by atoms with Crippen molar-refractivity contribution in [2.24, 2.45) is 0 Å². The van der Waals surface area contributed by atoms with Gasteiger partial charge in [-0.15, -0.1) is 5.10 Å². The Bertz CT molecular complexity index is 1230. The van der Waals surface area contributed by atoms with Crippen molar-refractivity contribution in [3.8, 4) is 11.4 Å². The van der Waals surface area contributed by atoms with Crippen molar-refractivity contribution in [1.82, 2.24) is 14.8 Å². The first-order chi connectivity index (χ1) is 14.6. The fraction of sp³-hybridized carbons (Fsp3) is 0.0435. The van der Waals surface area contributed by atoms with Crippen LogP contribution in [0.15, 0.2) is 78.9 Å². The van der Waals surface area contributed by atoms with Crippen LogP contribution in [-0.4, -0.2) is 14.8 Å². The van der Waals surface area contributed by atoms with Crippen molar-refractivity contribution in [2.45, 2.75) is 6.04 Å². The van der Waals surface area contributed by atoms with Crippen molar-refractivity contribution in [3.05, 3.63) is 107 Å². The summed E-state index contributed by atoms with van der Waals surface area (Å²) in [6.45, 7) is 0. The number of fused-ring (bicyclic) bond motifs is 1. The molecular formula is C23H15ClF2N4. The first-order valence-electron chi connectivity index (χ1n) is 9.29. The Morgan fingerprint density at radius 2 is 1.40 bits per heavy atom. The van der Waals surface area contributed by atoms with Gasteiger partial charge in [-0.3, -0.25) is 0 Å². The second-order valence-corrected chi connectivity index (χ2v) is 7.36. The van der Waals surface area contributed by atoms with Crippen LogP contribution in [0.3, 0.4) is 0 Å². The van der Waals surface area contributed by atoms with Crippen molar-refractivity contribution < 1.29 is 8.78 Å². The molecule has 0 saturated carbocycles. The minimum absolute atomic E-state index is 0.307. The fourth-order valence-corrected chi connectivity index (χ4v) is 3.54. The quantitative estimate of drug-likeness (QED) is 0.446. The van der Waals surface area contributed by atoms with E-state index in [1.807, 2.05) is 18.2 Å². The molecule has 3 aromatic carbocycles. The first-order valence-corrected chi connectivity index (χ1v) is 9.67. The maximum Gasteiger partial charge on any atom is 0.227 e. The van der Waals surface area contributed by atoms with Crippen LogP contribution in [-0.2, 0) is 0 Å². The predicted molar refractivity (Wildman–Crippen MR) is 113 cm³/mol. The number of nitrogens with zero attached hydrogens (tertiary/aromatic N) is 3. The molecule has 0 radical (unpaired) electrons. The molecule has 4 nitrogen and oxygen atoms in total. The molecule has 0 aliphatic carbocycles. The predicted octanol–water partition coefficient (Wildman–Crippen LogP) is 5.93. The van der Waals surface area contributed by atoms with Gasteiger partial charge in [0.1, 0.15) is 17.7 Å². The Morgan fingerprint density at radius 1 is 0.800 bits per heavy atom. The topological polar surface area (TPSA) is 42.7 Å². The second-order valence-electron chi connectivity index (χ2n) is 6.92. The summed E-state index contributed by atoms with van der Waals surface area (Å²) in [4.78, 5) is 4.65. The van der Waals surface area contributed by atoms with Crippen LogP contribution in [0.2, 0.25) is 5.02 Å². The molecule has 0 fully saturated rings. The SMILES string of the molecule is Fc1ccc(C2=CC(c3ccc(F)cc3)n3nc(-c4ccc(Cl)cc4)nc3N2)cc1. The van der Waals surface area contributed by atoms with Crippen LogP contribution in [0, 0.1) is 11.6 Å². The first kappa shape index (κ1) is 18.5. The van der Waals surface area contributed by atoms with Gasteiger partial charge < -0.3 is 5.32 Å². The number of rotatable bonds is 3. The van der Waals surface area contributed by atoms with Crippen LogP contribution in [0.4, 0.5) is 14.7 Å². The van der Waals surface area contributed by atoms with E-state index in [4.69, 9.17) is 11.6 Å². The van der Waals surface area contributed by atoms with Crippen molar-refractivity contribution in [3.63, 3.8) is 0 Å². The third-order valence-electron chi connectivity index (χ3n) is 4.93. The van der Waals surface area contributed by atoms with Gasteiger partial charge in [-0.25, -0.2) is 13.5 Å². The Balaban J connectivity index is 1.61. The van der Waals surface area contributed by atoms with Crippen molar-refractivity contribution in [2.75, 3.05) is 5.32 Å². The second kappa shape index (κ2) is 7.39. The van der Waals surface area contributed by atoms with E-state index in [0.29, 0.717) is 16.8 Å². The van der Waals surface area contributed by atoms with Crippen LogP contribution in [0.5, 0.6) is 0 Å². The van der Waals surface area contributed by atoms with Gasteiger partial charge in [0.25, 0.3) is 0 Å². The van der Waals surface area contributed by atoms with Gasteiger partial charge in [0.15, 0.2) is 5.82 Å². The van der Waals surface area contributed by atoms with E-state index in [-0.39, 0.29) is 17.7 Å². The minimum atomic E-state index is -0.310. The number of anilines is 1. The Morgan fingerprint density at radius 3 is 2.07 bits per heavy atom. The lowest BCUT2D eigenvalue weighted by Gasteiger charge is -2.24. The molecular weight excluding hydrogens is 406 g/mol. The Kier molecular flexibility index (Phi) is 4.56. The minimum Gasteiger partial charge on any atom is -0.324 e. The number of hydrogen-bond donors (Lipinski definition) is 1. The molecule has 0 bridgehead atoms. The summed E-state index contributed by atoms with van der Waals surface area (Å²) in [5, 5.41) is 8.58. The molecule has 1 aromatic heterocycles. The van der Waals surface area contributed by atoms with Gasteiger partial charge >= 0.3 is 0 Å². The Labute approximate surface area is 176 Å². The molecule has 2 heterocycles. The number of hydrogen-bond acceptors (Lipinski definition) is 3. The highest BCUT2D eigenvalue weighted by atomic mass is 35.5. The Hall–Kier alpha value is -3.51. The smallest absolute Gasteiger partial charge is 0.227 e. The number of benzene rings is 3. The lowest BCUT2D eigenvalue weighted by atomic mass is 10.0. The third kappa shape index (κ3) is 3.46. The van der Waals surface area contributed by atoms with Crippen LogP contribution >= 0.6 is 11.6 Å².